The van der Waals surface area contributed by atoms with Crippen LogP contribution in [0, 0.1) is 0 Å². The fourth-order valence-electron chi connectivity index (χ4n) is 2.54. The van der Waals surface area contributed by atoms with Crippen LogP contribution in [0.15, 0.2) is 60.8 Å². The first kappa shape index (κ1) is 18.2. The van der Waals surface area contributed by atoms with Crippen molar-refractivity contribution in [3.05, 3.63) is 71.9 Å². The van der Waals surface area contributed by atoms with E-state index < -0.39 is 0 Å². The summed E-state index contributed by atoms with van der Waals surface area (Å²) < 4.78 is 0. The molecule has 0 saturated carbocycles. The van der Waals surface area contributed by atoms with Gasteiger partial charge in [0, 0.05) is 22.5 Å². The number of amides is 3. The van der Waals surface area contributed by atoms with E-state index in [1.54, 1.807) is 42.6 Å². The Morgan fingerprint density at radius 1 is 0.889 bits per heavy atom. The van der Waals surface area contributed by atoms with Crippen LogP contribution in [0.4, 0.5) is 22.0 Å². The van der Waals surface area contributed by atoms with E-state index in [4.69, 9.17) is 0 Å². The maximum atomic E-state index is 12.4. The average molecular weight is 363 g/mol. The number of aromatic nitrogens is 2. The third-order valence-electron chi connectivity index (χ3n) is 3.97. The zero-order chi connectivity index (χ0) is 19.2. The van der Waals surface area contributed by atoms with E-state index in [0.717, 1.165) is 5.56 Å². The van der Waals surface area contributed by atoms with Crippen LogP contribution in [0.3, 0.4) is 0 Å². The van der Waals surface area contributed by atoms with Crippen LogP contribution in [0.2, 0.25) is 0 Å². The first-order valence-electron chi connectivity index (χ1n) is 8.60. The van der Waals surface area contributed by atoms with Crippen molar-refractivity contribution >= 4 is 29.1 Å². The normalized spacial score (nSPS) is 10.5. The Hall–Kier alpha value is -3.61. The van der Waals surface area contributed by atoms with E-state index in [0.29, 0.717) is 22.8 Å². The molecule has 0 saturated heterocycles. The predicted molar refractivity (Wildman–Crippen MR) is 106 cm³/mol. The molecule has 1 heterocycles. The van der Waals surface area contributed by atoms with E-state index in [1.807, 2.05) is 32.0 Å². The van der Waals surface area contributed by atoms with Gasteiger partial charge in [0.1, 0.15) is 5.82 Å². The molecule has 0 unspecified atom stereocenters. The molecular weight excluding hydrogens is 342 g/mol. The molecule has 0 aliphatic heterocycles. The maximum absolute atomic E-state index is 12.4. The Bertz CT molecular complexity index is 917. The van der Waals surface area contributed by atoms with Crippen LogP contribution >= 0.6 is 0 Å². The highest BCUT2D eigenvalue weighted by Crippen LogP contribution is 2.22. The van der Waals surface area contributed by atoms with E-state index in [-0.39, 0.29) is 17.9 Å². The van der Waals surface area contributed by atoms with E-state index in [9.17, 15) is 9.59 Å². The fraction of sp³-hybridized carbons (Fsp3) is 0.150. The first-order valence-corrected chi connectivity index (χ1v) is 8.60. The van der Waals surface area contributed by atoms with Crippen LogP contribution in [-0.4, -0.2) is 22.1 Å². The summed E-state index contributed by atoms with van der Waals surface area (Å²) >= 11 is 0. The molecule has 7 nitrogen and oxygen atoms in total. The van der Waals surface area contributed by atoms with Crippen molar-refractivity contribution < 1.29 is 9.59 Å². The Kier molecular flexibility index (Phi) is 5.51. The van der Waals surface area contributed by atoms with Crippen molar-refractivity contribution in [3.63, 3.8) is 0 Å². The molecule has 27 heavy (non-hydrogen) atoms. The minimum atomic E-state index is -0.350. The monoisotopic (exact) mass is 363 g/mol. The molecule has 2 aromatic carbocycles. The molecule has 138 valence electrons. The SMILES string of the molecule is CC(C)c1cn[nH]c1NC(=O)c1ccc(NC(=O)Nc2ccccc2)cc1. The third-order valence-corrected chi connectivity index (χ3v) is 3.97. The molecule has 3 rings (SSSR count). The minimum absolute atomic E-state index is 0.244. The van der Waals surface area contributed by atoms with Gasteiger partial charge in [0.25, 0.3) is 5.91 Å². The molecular formula is C20H21N5O2. The number of benzene rings is 2. The van der Waals surface area contributed by atoms with Gasteiger partial charge in [-0.3, -0.25) is 9.89 Å². The van der Waals surface area contributed by atoms with Gasteiger partial charge in [0.15, 0.2) is 0 Å². The van der Waals surface area contributed by atoms with Crippen LogP contribution in [0.5, 0.6) is 0 Å². The molecule has 1 aromatic heterocycles. The molecule has 0 aliphatic rings. The van der Waals surface area contributed by atoms with Gasteiger partial charge in [-0.25, -0.2) is 4.79 Å². The van der Waals surface area contributed by atoms with Crippen LogP contribution < -0.4 is 16.0 Å². The lowest BCUT2D eigenvalue weighted by Crippen LogP contribution is -2.19. The van der Waals surface area contributed by atoms with Crippen LogP contribution in [0.25, 0.3) is 0 Å². The number of carbonyl (C=O) groups is 2. The van der Waals surface area contributed by atoms with Gasteiger partial charge in [0.2, 0.25) is 0 Å². The van der Waals surface area contributed by atoms with Gasteiger partial charge < -0.3 is 16.0 Å². The fourth-order valence-corrected chi connectivity index (χ4v) is 2.54. The molecule has 0 fully saturated rings. The van der Waals surface area contributed by atoms with E-state index in [1.165, 1.54) is 0 Å². The second-order valence-electron chi connectivity index (χ2n) is 6.33. The molecule has 0 radical (unpaired) electrons. The summed E-state index contributed by atoms with van der Waals surface area (Å²) in [4.78, 5) is 24.4. The average Bonchev–Trinajstić information content (AvgIpc) is 3.11. The topological polar surface area (TPSA) is 98.9 Å². The lowest BCUT2D eigenvalue weighted by Gasteiger charge is -2.10. The zero-order valence-corrected chi connectivity index (χ0v) is 15.1. The van der Waals surface area contributed by atoms with Crippen molar-refractivity contribution in [2.75, 3.05) is 16.0 Å². The molecule has 4 N–H and O–H groups in total. The highest BCUT2D eigenvalue weighted by molar-refractivity contribution is 6.05. The molecule has 0 spiro atoms. The second-order valence-corrected chi connectivity index (χ2v) is 6.33. The predicted octanol–water partition coefficient (Wildman–Crippen LogP) is 4.43. The molecule has 7 heteroatoms. The quantitative estimate of drug-likeness (QED) is 0.539. The highest BCUT2D eigenvalue weighted by Gasteiger charge is 2.13. The first-order chi connectivity index (χ1) is 13.0. The number of anilines is 3. The summed E-state index contributed by atoms with van der Waals surface area (Å²) in [7, 11) is 0. The third kappa shape index (κ3) is 4.72. The van der Waals surface area contributed by atoms with Crippen molar-refractivity contribution in [1.82, 2.24) is 10.2 Å². The Morgan fingerprint density at radius 2 is 1.52 bits per heavy atom. The van der Waals surface area contributed by atoms with Gasteiger partial charge >= 0.3 is 6.03 Å². The van der Waals surface area contributed by atoms with Crippen LogP contribution in [-0.2, 0) is 0 Å². The smallest absolute Gasteiger partial charge is 0.308 e. The number of carbonyl (C=O) groups excluding carboxylic acids is 2. The number of aromatic amines is 1. The number of nitrogens with one attached hydrogen (secondary N) is 4. The zero-order valence-electron chi connectivity index (χ0n) is 15.1. The van der Waals surface area contributed by atoms with Crippen LogP contribution in [0.1, 0.15) is 35.7 Å². The Balaban J connectivity index is 1.60. The summed E-state index contributed by atoms with van der Waals surface area (Å²) in [6.07, 6.45) is 1.71. The largest absolute Gasteiger partial charge is 0.323 e. The van der Waals surface area contributed by atoms with Crippen molar-refractivity contribution in [1.29, 1.82) is 0 Å². The molecule has 3 aromatic rings. The standard InChI is InChI=1S/C20H21N5O2/c1-13(2)17-12-21-25-18(17)24-19(26)14-8-10-16(11-9-14)23-20(27)22-15-6-4-3-5-7-15/h3-13H,1-2H3,(H2,22,23,27)(H2,21,24,25,26). The summed E-state index contributed by atoms with van der Waals surface area (Å²) in [6, 6.07) is 15.5. The number of para-hydroxylation sites is 1. The van der Waals surface area contributed by atoms with E-state index >= 15 is 0 Å². The van der Waals surface area contributed by atoms with Gasteiger partial charge in [0.05, 0.1) is 6.20 Å². The van der Waals surface area contributed by atoms with Crippen molar-refractivity contribution in [2.45, 2.75) is 19.8 Å². The molecule has 3 amide bonds. The number of hydrogen-bond donors (Lipinski definition) is 4. The minimum Gasteiger partial charge on any atom is -0.308 e. The van der Waals surface area contributed by atoms with Crippen molar-refractivity contribution in [2.24, 2.45) is 0 Å². The van der Waals surface area contributed by atoms with Gasteiger partial charge in [-0.1, -0.05) is 32.0 Å². The summed E-state index contributed by atoms with van der Waals surface area (Å²) in [5.41, 5.74) is 2.71. The number of nitrogens with zero attached hydrogens (tertiary/aromatic N) is 1. The molecule has 0 atom stereocenters. The Labute approximate surface area is 157 Å². The summed E-state index contributed by atoms with van der Waals surface area (Å²) in [6.45, 7) is 4.06. The number of urea groups is 1. The summed E-state index contributed by atoms with van der Waals surface area (Å²) in [5, 5.41) is 15.1. The highest BCUT2D eigenvalue weighted by atomic mass is 16.2. The number of rotatable bonds is 5. The number of H-pyrrole nitrogens is 1. The van der Waals surface area contributed by atoms with E-state index in [2.05, 4.69) is 26.1 Å². The number of hydrogen-bond acceptors (Lipinski definition) is 3. The molecule has 0 bridgehead atoms. The van der Waals surface area contributed by atoms with Crippen molar-refractivity contribution in [3.8, 4) is 0 Å². The van der Waals surface area contributed by atoms with Gasteiger partial charge in [-0.05, 0) is 42.3 Å². The molecule has 0 aliphatic carbocycles. The van der Waals surface area contributed by atoms with Gasteiger partial charge in [-0.2, -0.15) is 5.10 Å². The lowest BCUT2D eigenvalue weighted by atomic mass is 10.1. The summed E-state index contributed by atoms with van der Waals surface area (Å²) in [5.74, 6) is 0.592. The van der Waals surface area contributed by atoms with Gasteiger partial charge in [-0.15, -0.1) is 0 Å². The maximum Gasteiger partial charge on any atom is 0.323 e. The second kappa shape index (κ2) is 8.18. The lowest BCUT2D eigenvalue weighted by molar-refractivity contribution is 0.102. The Morgan fingerprint density at radius 3 is 2.15 bits per heavy atom.